The second-order valence-corrected chi connectivity index (χ2v) is 3.58. The zero-order valence-corrected chi connectivity index (χ0v) is 6.01. The van der Waals surface area contributed by atoms with Gasteiger partial charge in [-0.15, -0.1) is 0 Å². The summed E-state index contributed by atoms with van der Waals surface area (Å²) >= 11 is 0. The molecule has 0 aromatic carbocycles. The fraction of sp³-hybridized carbons (Fsp3) is 0.778. The largest absolute Gasteiger partial charge is 0.0851 e. The van der Waals surface area contributed by atoms with Gasteiger partial charge in [-0.3, -0.25) is 0 Å². The van der Waals surface area contributed by atoms with E-state index in [4.69, 9.17) is 0 Å². The van der Waals surface area contributed by atoms with Crippen molar-refractivity contribution in [1.82, 2.24) is 0 Å². The number of allylic oxidation sites excluding steroid dienone is 2. The van der Waals surface area contributed by atoms with Crippen LogP contribution in [0.4, 0.5) is 0 Å². The fourth-order valence-corrected chi connectivity index (χ4v) is 2.19. The van der Waals surface area contributed by atoms with Crippen LogP contribution in [0.2, 0.25) is 0 Å². The summed E-state index contributed by atoms with van der Waals surface area (Å²) in [4.78, 5) is 0. The summed E-state index contributed by atoms with van der Waals surface area (Å²) in [6.45, 7) is 2.35. The van der Waals surface area contributed by atoms with E-state index < -0.39 is 0 Å². The van der Waals surface area contributed by atoms with E-state index in [9.17, 15) is 0 Å². The minimum atomic E-state index is 0.878. The molecule has 9 heavy (non-hydrogen) atoms. The van der Waals surface area contributed by atoms with Gasteiger partial charge in [-0.1, -0.05) is 19.1 Å². The molecule has 2 rings (SSSR count). The second-order valence-electron chi connectivity index (χ2n) is 3.58. The van der Waals surface area contributed by atoms with Crippen molar-refractivity contribution in [3.05, 3.63) is 12.2 Å². The molecule has 3 atom stereocenters. The van der Waals surface area contributed by atoms with Crippen molar-refractivity contribution in [2.24, 2.45) is 17.8 Å². The maximum atomic E-state index is 2.42. The Balaban J connectivity index is 2.19. The number of hydrogen-bond acceptors (Lipinski definition) is 0. The van der Waals surface area contributed by atoms with Gasteiger partial charge < -0.3 is 0 Å². The predicted molar refractivity (Wildman–Crippen MR) is 39.1 cm³/mol. The molecule has 0 nitrogen and oxygen atoms in total. The third-order valence-electron chi connectivity index (χ3n) is 2.94. The van der Waals surface area contributed by atoms with Gasteiger partial charge in [0, 0.05) is 0 Å². The van der Waals surface area contributed by atoms with E-state index in [0.29, 0.717) is 0 Å². The molecule has 0 amide bonds. The summed E-state index contributed by atoms with van der Waals surface area (Å²) in [7, 11) is 0. The van der Waals surface area contributed by atoms with Crippen LogP contribution in [0.25, 0.3) is 0 Å². The van der Waals surface area contributed by atoms with Gasteiger partial charge in [0.2, 0.25) is 0 Å². The molecule has 0 N–H and O–H groups in total. The molecular weight excluding hydrogens is 108 g/mol. The second kappa shape index (κ2) is 1.86. The molecule has 0 aromatic rings. The summed E-state index contributed by atoms with van der Waals surface area (Å²) in [6, 6.07) is 0. The smallest absolute Gasteiger partial charge is 0.0230 e. The topological polar surface area (TPSA) is 0 Å². The summed E-state index contributed by atoms with van der Waals surface area (Å²) in [5, 5.41) is 0. The van der Waals surface area contributed by atoms with Crippen LogP contribution < -0.4 is 0 Å². The standard InChI is InChI=1S/C9H14/c1-7-2-3-8-4-5-9(7)6-8/h2-3,7-9H,4-6H2,1H3. The maximum absolute atomic E-state index is 2.42. The number of hydrogen-bond donors (Lipinski definition) is 0. The van der Waals surface area contributed by atoms with Crippen molar-refractivity contribution < 1.29 is 0 Å². The highest BCUT2D eigenvalue weighted by molar-refractivity contribution is 5.03. The fourth-order valence-electron chi connectivity index (χ4n) is 2.19. The monoisotopic (exact) mass is 122 g/mol. The quantitative estimate of drug-likeness (QED) is 0.433. The first-order chi connectivity index (χ1) is 4.36. The van der Waals surface area contributed by atoms with Crippen molar-refractivity contribution in [1.29, 1.82) is 0 Å². The van der Waals surface area contributed by atoms with E-state index in [-0.39, 0.29) is 0 Å². The zero-order chi connectivity index (χ0) is 6.27. The molecular formula is C9H14. The molecule has 0 spiro atoms. The molecule has 2 aliphatic rings. The van der Waals surface area contributed by atoms with E-state index in [2.05, 4.69) is 19.1 Å². The Hall–Kier alpha value is -0.260. The molecule has 0 aliphatic heterocycles. The summed E-state index contributed by atoms with van der Waals surface area (Å²) in [6.07, 6.45) is 9.27. The molecule has 0 radical (unpaired) electrons. The number of rotatable bonds is 0. The first-order valence-corrected chi connectivity index (χ1v) is 4.04. The Morgan fingerprint density at radius 3 is 2.89 bits per heavy atom. The molecule has 0 saturated heterocycles. The van der Waals surface area contributed by atoms with Crippen molar-refractivity contribution in [3.8, 4) is 0 Å². The number of fused-ring (bicyclic) bond motifs is 2. The highest BCUT2D eigenvalue weighted by Gasteiger charge is 2.29. The molecule has 3 unspecified atom stereocenters. The first-order valence-electron chi connectivity index (χ1n) is 4.04. The average molecular weight is 122 g/mol. The lowest BCUT2D eigenvalue weighted by Gasteiger charge is -2.18. The Kier molecular flexibility index (Phi) is 1.14. The van der Waals surface area contributed by atoms with Crippen molar-refractivity contribution >= 4 is 0 Å². The Bertz CT molecular complexity index is 135. The normalized spacial score (nSPS) is 47.9. The molecule has 0 heteroatoms. The highest BCUT2D eigenvalue weighted by atomic mass is 14.3. The Morgan fingerprint density at radius 1 is 1.22 bits per heavy atom. The third kappa shape index (κ3) is 0.810. The highest BCUT2D eigenvalue weighted by Crippen LogP contribution is 2.40. The SMILES string of the molecule is CC1C=CC2CCC1C2. The van der Waals surface area contributed by atoms with Gasteiger partial charge >= 0.3 is 0 Å². The van der Waals surface area contributed by atoms with E-state index in [0.717, 1.165) is 17.8 Å². The van der Waals surface area contributed by atoms with Crippen LogP contribution in [0.15, 0.2) is 12.2 Å². The molecule has 1 fully saturated rings. The molecule has 2 bridgehead atoms. The Morgan fingerprint density at radius 2 is 2.11 bits per heavy atom. The zero-order valence-electron chi connectivity index (χ0n) is 6.01. The van der Waals surface area contributed by atoms with Crippen molar-refractivity contribution in [2.75, 3.05) is 0 Å². The van der Waals surface area contributed by atoms with Gasteiger partial charge in [-0.05, 0) is 37.0 Å². The van der Waals surface area contributed by atoms with Gasteiger partial charge in [-0.25, -0.2) is 0 Å². The van der Waals surface area contributed by atoms with E-state index >= 15 is 0 Å². The summed E-state index contributed by atoms with van der Waals surface area (Å²) < 4.78 is 0. The minimum Gasteiger partial charge on any atom is -0.0851 e. The maximum Gasteiger partial charge on any atom is -0.0230 e. The van der Waals surface area contributed by atoms with Crippen LogP contribution in [0.1, 0.15) is 26.2 Å². The van der Waals surface area contributed by atoms with Gasteiger partial charge in [0.15, 0.2) is 0 Å². The van der Waals surface area contributed by atoms with Crippen LogP contribution in [0.5, 0.6) is 0 Å². The third-order valence-corrected chi connectivity index (χ3v) is 2.94. The van der Waals surface area contributed by atoms with Crippen LogP contribution >= 0.6 is 0 Å². The lowest BCUT2D eigenvalue weighted by atomic mass is 9.87. The van der Waals surface area contributed by atoms with Crippen LogP contribution in [0.3, 0.4) is 0 Å². The van der Waals surface area contributed by atoms with E-state index in [1.54, 1.807) is 0 Å². The van der Waals surface area contributed by atoms with Crippen LogP contribution in [-0.2, 0) is 0 Å². The molecule has 2 aliphatic carbocycles. The van der Waals surface area contributed by atoms with E-state index in [1.165, 1.54) is 19.3 Å². The van der Waals surface area contributed by atoms with E-state index in [1.807, 2.05) is 0 Å². The van der Waals surface area contributed by atoms with Gasteiger partial charge in [-0.2, -0.15) is 0 Å². The average Bonchev–Trinajstić information content (AvgIpc) is 2.25. The molecule has 0 heterocycles. The lowest BCUT2D eigenvalue weighted by molar-refractivity contribution is 0.408. The van der Waals surface area contributed by atoms with Crippen LogP contribution in [0, 0.1) is 17.8 Å². The van der Waals surface area contributed by atoms with Gasteiger partial charge in [0.25, 0.3) is 0 Å². The molecule has 0 aromatic heterocycles. The molecule has 50 valence electrons. The summed E-state index contributed by atoms with van der Waals surface area (Å²) in [5.41, 5.74) is 0. The van der Waals surface area contributed by atoms with Crippen molar-refractivity contribution in [2.45, 2.75) is 26.2 Å². The predicted octanol–water partition coefficient (Wildman–Crippen LogP) is 2.61. The Labute approximate surface area is 57.0 Å². The van der Waals surface area contributed by atoms with Gasteiger partial charge in [0.05, 0.1) is 0 Å². The molecule has 1 saturated carbocycles. The first kappa shape index (κ1) is 5.52. The van der Waals surface area contributed by atoms with Crippen LogP contribution in [-0.4, -0.2) is 0 Å². The minimum absolute atomic E-state index is 0.878. The van der Waals surface area contributed by atoms with Gasteiger partial charge in [0.1, 0.15) is 0 Å². The lowest BCUT2D eigenvalue weighted by Crippen LogP contribution is -2.08. The van der Waals surface area contributed by atoms with Crippen molar-refractivity contribution in [3.63, 3.8) is 0 Å². The summed E-state index contributed by atoms with van der Waals surface area (Å²) in [5.74, 6) is 2.88.